The van der Waals surface area contributed by atoms with E-state index in [1.54, 1.807) is 39.5 Å². The predicted octanol–water partition coefficient (Wildman–Crippen LogP) is 5.94. The molecular weight excluding hydrogens is 547 g/mol. The highest BCUT2D eigenvalue weighted by Crippen LogP contribution is 2.44. The van der Waals surface area contributed by atoms with E-state index in [1.807, 2.05) is 0 Å². The van der Waals surface area contributed by atoms with Crippen molar-refractivity contribution in [3.05, 3.63) is 70.8 Å². The maximum absolute atomic E-state index is 14.9. The minimum atomic E-state index is -4.51. The molecule has 2 aromatic rings. The number of ether oxygens (including phenoxy) is 1. The Bertz CT molecular complexity index is 1280. The average molecular weight is 583 g/mol. The average Bonchev–Trinajstić information content (AvgIpc) is 3.30. The van der Waals surface area contributed by atoms with E-state index < -0.39 is 64.3 Å². The smallest absolute Gasteiger partial charge is 0.416 e. The molecule has 11 heteroatoms. The van der Waals surface area contributed by atoms with Gasteiger partial charge >= 0.3 is 12.3 Å². The molecule has 0 aliphatic carbocycles. The number of hydrogen-bond donors (Lipinski definition) is 1. The van der Waals surface area contributed by atoms with Gasteiger partial charge in [0.1, 0.15) is 17.2 Å². The van der Waals surface area contributed by atoms with Crippen molar-refractivity contribution in [1.82, 2.24) is 9.80 Å². The molecule has 2 fully saturated rings. The van der Waals surface area contributed by atoms with Crippen LogP contribution in [0.4, 0.5) is 26.7 Å². The summed E-state index contributed by atoms with van der Waals surface area (Å²) in [6.45, 7) is 8.66. The van der Waals surface area contributed by atoms with Gasteiger partial charge in [-0.15, -0.1) is 0 Å². The van der Waals surface area contributed by atoms with Gasteiger partial charge in [0.05, 0.1) is 17.1 Å². The van der Waals surface area contributed by atoms with Gasteiger partial charge in [0.25, 0.3) is 0 Å². The first-order valence-electron chi connectivity index (χ1n) is 13.5. The lowest BCUT2D eigenvalue weighted by molar-refractivity contribution is -0.153. The molecule has 0 bridgehead atoms. The third kappa shape index (κ3) is 6.19. The fraction of sp³-hybridized carbons (Fsp3) is 0.533. The molecule has 2 heterocycles. The van der Waals surface area contributed by atoms with Gasteiger partial charge < -0.3 is 19.6 Å². The number of rotatable bonds is 3. The summed E-state index contributed by atoms with van der Waals surface area (Å²) in [7, 11) is 0. The number of carbonyl (C=O) groups excluding carboxylic acids is 2. The van der Waals surface area contributed by atoms with Crippen LogP contribution in [0.15, 0.2) is 42.5 Å². The third-order valence-electron chi connectivity index (χ3n) is 8.13. The number of amides is 2. The van der Waals surface area contributed by atoms with Gasteiger partial charge in [-0.2, -0.15) is 13.2 Å². The molecule has 1 N–H and O–H groups in total. The van der Waals surface area contributed by atoms with Gasteiger partial charge in [-0.25, -0.2) is 13.6 Å². The lowest BCUT2D eigenvalue weighted by atomic mass is 9.70. The number of halogens is 5. The van der Waals surface area contributed by atoms with Crippen LogP contribution in [-0.4, -0.2) is 58.7 Å². The number of benzene rings is 2. The van der Waals surface area contributed by atoms with E-state index in [-0.39, 0.29) is 37.6 Å². The van der Waals surface area contributed by atoms with Crippen LogP contribution in [0.3, 0.4) is 0 Å². The monoisotopic (exact) mass is 582 g/mol. The summed E-state index contributed by atoms with van der Waals surface area (Å²) in [5.41, 5.74) is -2.69. The van der Waals surface area contributed by atoms with Crippen LogP contribution < -0.4 is 0 Å². The normalized spacial score (nSPS) is 27.2. The minimum Gasteiger partial charge on any atom is -0.444 e. The molecule has 0 aromatic heterocycles. The Hall–Kier alpha value is -3.21. The number of piperidine rings is 1. The number of aliphatic hydroxyl groups is 1. The summed E-state index contributed by atoms with van der Waals surface area (Å²) in [6, 6.07) is 7.49. The maximum Gasteiger partial charge on any atom is 0.416 e. The molecule has 1 unspecified atom stereocenters. The molecule has 2 saturated heterocycles. The molecular formula is C30H35F5N2O4. The van der Waals surface area contributed by atoms with E-state index in [2.05, 4.69) is 0 Å². The first kappa shape index (κ1) is 30.7. The standard InChI is InChI=1S/C30H35F5N2O4/c1-17-13-36(14-18(2)29(17,40)19-6-8-20(9-7-19)30(33,34)35)26(38)24-16-37(27(39)41-28(3,4)5)15-23(24)22-11-10-21(31)12-25(22)32/h6-12,17-18,23-24,40H,13-16H2,1-5H3/t17-,18+,23-,24+,29?/m0/s1. The van der Waals surface area contributed by atoms with Crippen molar-refractivity contribution in [2.75, 3.05) is 26.2 Å². The van der Waals surface area contributed by atoms with E-state index >= 15 is 0 Å². The maximum atomic E-state index is 14.9. The van der Waals surface area contributed by atoms with E-state index in [4.69, 9.17) is 4.74 Å². The van der Waals surface area contributed by atoms with E-state index in [0.29, 0.717) is 5.56 Å². The summed E-state index contributed by atoms with van der Waals surface area (Å²) in [6.07, 6.45) is -5.17. The second kappa shape index (κ2) is 10.9. The van der Waals surface area contributed by atoms with Gasteiger partial charge in [-0.3, -0.25) is 4.79 Å². The van der Waals surface area contributed by atoms with Crippen LogP contribution >= 0.6 is 0 Å². The van der Waals surface area contributed by atoms with E-state index in [1.165, 1.54) is 23.1 Å². The second-order valence-corrected chi connectivity index (χ2v) is 12.2. The number of likely N-dealkylation sites (tertiary alicyclic amines) is 2. The Morgan fingerprint density at radius 2 is 1.49 bits per heavy atom. The van der Waals surface area contributed by atoms with Gasteiger partial charge in [-0.1, -0.05) is 32.0 Å². The molecule has 0 saturated carbocycles. The van der Waals surface area contributed by atoms with E-state index in [9.17, 15) is 36.6 Å². The van der Waals surface area contributed by atoms with Crippen molar-refractivity contribution >= 4 is 12.0 Å². The molecule has 0 spiro atoms. The van der Waals surface area contributed by atoms with Crippen LogP contribution in [-0.2, 0) is 21.3 Å². The largest absolute Gasteiger partial charge is 0.444 e. The van der Waals surface area contributed by atoms with Crippen molar-refractivity contribution in [3.8, 4) is 0 Å². The molecule has 4 rings (SSSR count). The summed E-state index contributed by atoms with van der Waals surface area (Å²) in [5, 5.41) is 11.7. The zero-order chi connectivity index (χ0) is 30.5. The molecule has 41 heavy (non-hydrogen) atoms. The lowest BCUT2D eigenvalue weighted by Crippen LogP contribution is -2.57. The third-order valence-corrected chi connectivity index (χ3v) is 8.13. The topological polar surface area (TPSA) is 70.1 Å². The molecule has 224 valence electrons. The van der Waals surface area contributed by atoms with Gasteiger partial charge in [0.2, 0.25) is 5.91 Å². The molecule has 5 atom stereocenters. The lowest BCUT2D eigenvalue weighted by Gasteiger charge is -2.48. The fourth-order valence-corrected chi connectivity index (χ4v) is 6.06. The highest BCUT2D eigenvalue weighted by Gasteiger charge is 2.50. The molecule has 6 nitrogen and oxygen atoms in total. The van der Waals surface area contributed by atoms with Crippen LogP contribution in [0.25, 0.3) is 0 Å². The number of alkyl halides is 3. The molecule has 2 aromatic carbocycles. The van der Waals surface area contributed by atoms with Crippen molar-refractivity contribution < 1.29 is 41.4 Å². The van der Waals surface area contributed by atoms with Crippen molar-refractivity contribution in [3.63, 3.8) is 0 Å². The first-order chi connectivity index (χ1) is 18.9. The first-order valence-corrected chi connectivity index (χ1v) is 13.5. The van der Waals surface area contributed by atoms with Crippen LogP contribution in [0, 0.1) is 29.4 Å². The molecule has 2 aliphatic heterocycles. The number of carbonyl (C=O) groups is 2. The summed E-state index contributed by atoms with van der Waals surface area (Å²) in [4.78, 5) is 29.7. The van der Waals surface area contributed by atoms with Gasteiger partial charge in [-0.05, 0) is 50.1 Å². The van der Waals surface area contributed by atoms with Crippen LogP contribution in [0.5, 0.6) is 0 Å². The van der Waals surface area contributed by atoms with Gasteiger partial charge in [0.15, 0.2) is 0 Å². The quantitative estimate of drug-likeness (QED) is 0.455. The Kier molecular flexibility index (Phi) is 8.16. The minimum absolute atomic E-state index is 0.0116. The highest BCUT2D eigenvalue weighted by atomic mass is 19.4. The highest BCUT2D eigenvalue weighted by molar-refractivity contribution is 5.82. The number of nitrogens with zero attached hydrogens (tertiary/aromatic N) is 2. The van der Waals surface area contributed by atoms with Gasteiger partial charge in [0, 0.05) is 50.0 Å². The Morgan fingerprint density at radius 1 is 0.902 bits per heavy atom. The summed E-state index contributed by atoms with van der Waals surface area (Å²) >= 11 is 0. The SMILES string of the molecule is C[C@@H]1CN(C(=O)[C@@H]2CN(C(=O)OC(C)(C)C)C[C@H]2c2ccc(F)cc2F)C[C@H](C)C1(O)c1ccc(C(F)(F)F)cc1. The Morgan fingerprint density at radius 3 is 2.00 bits per heavy atom. The van der Waals surface area contributed by atoms with E-state index in [0.717, 1.165) is 24.3 Å². The van der Waals surface area contributed by atoms with Crippen LogP contribution in [0.2, 0.25) is 0 Å². The molecule has 0 radical (unpaired) electrons. The van der Waals surface area contributed by atoms with Crippen LogP contribution in [0.1, 0.15) is 57.2 Å². The zero-order valence-corrected chi connectivity index (χ0v) is 23.6. The molecule has 2 aliphatic rings. The predicted molar refractivity (Wildman–Crippen MR) is 141 cm³/mol. The summed E-state index contributed by atoms with van der Waals surface area (Å²) in [5.74, 6) is -4.70. The van der Waals surface area contributed by atoms with Crippen molar-refractivity contribution in [2.24, 2.45) is 17.8 Å². The Labute approximate surface area is 236 Å². The van der Waals surface area contributed by atoms with Crippen molar-refractivity contribution in [1.29, 1.82) is 0 Å². The second-order valence-electron chi connectivity index (χ2n) is 12.2. The molecule has 2 amide bonds. The zero-order valence-electron chi connectivity index (χ0n) is 23.6. The van der Waals surface area contributed by atoms with Crippen molar-refractivity contribution in [2.45, 2.75) is 57.9 Å². The summed E-state index contributed by atoms with van der Waals surface area (Å²) < 4.78 is 73.3. The Balaban J connectivity index is 1.59. The fourth-order valence-electron chi connectivity index (χ4n) is 6.06. The number of hydrogen-bond acceptors (Lipinski definition) is 4.